The zero-order valence-corrected chi connectivity index (χ0v) is 12.1. The first kappa shape index (κ1) is 13.1. The number of pyridine rings is 1. The van der Waals surface area contributed by atoms with Crippen molar-refractivity contribution >= 4 is 34.7 Å². The fourth-order valence-electron chi connectivity index (χ4n) is 2.11. The molecule has 2 N–H and O–H groups in total. The number of halogens is 2. The number of nitrogen functional groups attached to an aromatic ring is 1. The van der Waals surface area contributed by atoms with Gasteiger partial charge < -0.3 is 10.5 Å². The molecule has 0 fully saturated rings. The lowest BCUT2D eigenvalue weighted by Gasteiger charge is -2.03. The Morgan fingerprint density at radius 1 is 1.20 bits per heavy atom. The first-order valence-corrected chi connectivity index (χ1v) is 6.64. The molecule has 3 rings (SSSR count). The Hall–Kier alpha value is -1.91. The average molecular weight is 308 g/mol. The Morgan fingerprint density at radius 2 is 2.00 bits per heavy atom. The van der Waals surface area contributed by atoms with E-state index < -0.39 is 0 Å². The lowest BCUT2D eigenvalue weighted by molar-refractivity contribution is 0.417. The minimum Gasteiger partial charge on any atom is -0.493 e. The second kappa shape index (κ2) is 4.89. The fraction of sp³-hybridized carbons (Fsp3) is 0.0714. The van der Waals surface area contributed by atoms with Crippen LogP contribution in [0.5, 0.6) is 5.75 Å². The highest BCUT2D eigenvalue weighted by atomic mass is 35.5. The summed E-state index contributed by atoms with van der Waals surface area (Å²) in [5, 5.41) is 0.899. The third-order valence-corrected chi connectivity index (χ3v) is 3.90. The number of anilines is 1. The van der Waals surface area contributed by atoms with Crippen molar-refractivity contribution in [2.45, 2.75) is 0 Å². The number of hydrogen-bond donors (Lipinski definition) is 1. The highest BCUT2D eigenvalue weighted by Crippen LogP contribution is 2.37. The number of methoxy groups -OCH3 is 1. The number of fused-ring (bicyclic) bond motifs is 1. The number of aromatic nitrogens is 2. The van der Waals surface area contributed by atoms with Gasteiger partial charge >= 0.3 is 0 Å². The molecule has 0 radical (unpaired) electrons. The second-order valence-electron chi connectivity index (χ2n) is 4.22. The molecule has 0 saturated carbocycles. The lowest BCUT2D eigenvalue weighted by Crippen LogP contribution is -1.95. The summed E-state index contributed by atoms with van der Waals surface area (Å²) in [6.07, 6.45) is 1.82. The predicted molar refractivity (Wildman–Crippen MR) is 81.6 cm³/mol. The van der Waals surface area contributed by atoms with Crippen molar-refractivity contribution in [3.63, 3.8) is 0 Å². The summed E-state index contributed by atoms with van der Waals surface area (Å²) in [7, 11) is 1.59. The summed E-state index contributed by atoms with van der Waals surface area (Å²) in [5.41, 5.74) is 8.08. The van der Waals surface area contributed by atoms with Gasteiger partial charge in [-0.2, -0.15) is 0 Å². The molecule has 1 aromatic carbocycles. The van der Waals surface area contributed by atoms with Crippen LogP contribution in [-0.4, -0.2) is 16.5 Å². The van der Waals surface area contributed by atoms with Crippen molar-refractivity contribution in [1.82, 2.24) is 9.38 Å². The Labute approximate surface area is 125 Å². The monoisotopic (exact) mass is 307 g/mol. The SMILES string of the molecule is COc1cccn2c(N)c(-c3cccc(Cl)c3Cl)nc12. The van der Waals surface area contributed by atoms with E-state index in [0.717, 1.165) is 0 Å². The largest absolute Gasteiger partial charge is 0.493 e. The number of imidazole rings is 1. The van der Waals surface area contributed by atoms with E-state index in [2.05, 4.69) is 4.98 Å². The molecule has 2 aromatic heterocycles. The Bertz CT molecular complexity index is 798. The van der Waals surface area contributed by atoms with Crippen LogP contribution in [0.25, 0.3) is 16.9 Å². The van der Waals surface area contributed by atoms with E-state index in [-0.39, 0.29) is 0 Å². The van der Waals surface area contributed by atoms with Crippen molar-refractivity contribution in [2.75, 3.05) is 12.8 Å². The molecule has 102 valence electrons. The van der Waals surface area contributed by atoms with Crippen molar-refractivity contribution in [2.24, 2.45) is 0 Å². The zero-order valence-electron chi connectivity index (χ0n) is 10.6. The zero-order chi connectivity index (χ0) is 14.3. The summed E-state index contributed by atoms with van der Waals surface area (Å²) in [6.45, 7) is 0. The Balaban J connectivity index is 2.32. The smallest absolute Gasteiger partial charge is 0.181 e. The molecule has 0 unspecified atom stereocenters. The minimum atomic E-state index is 0.434. The number of hydrogen-bond acceptors (Lipinski definition) is 3. The van der Waals surface area contributed by atoms with Gasteiger partial charge in [-0.1, -0.05) is 35.3 Å². The summed E-state index contributed by atoms with van der Waals surface area (Å²) in [4.78, 5) is 4.53. The molecule has 0 bridgehead atoms. The van der Waals surface area contributed by atoms with Crippen LogP contribution in [-0.2, 0) is 0 Å². The topological polar surface area (TPSA) is 52.5 Å². The lowest BCUT2D eigenvalue weighted by atomic mass is 10.1. The maximum atomic E-state index is 6.23. The van der Waals surface area contributed by atoms with E-state index in [9.17, 15) is 0 Å². The third kappa shape index (κ3) is 1.88. The summed E-state index contributed by atoms with van der Waals surface area (Å²) < 4.78 is 7.04. The second-order valence-corrected chi connectivity index (χ2v) is 5.00. The van der Waals surface area contributed by atoms with Gasteiger partial charge in [0.1, 0.15) is 11.5 Å². The van der Waals surface area contributed by atoms with Crippen molar-refractivity contribution in [3.8, 4) is 17.0 Å². The van der Waals surface area contributed by atoms with Crippen LogP contribution >= 0.6 is 23.2 Å². The molecule has 0 aliphatic heterocycles. The third-order valence-electron chi connectivity index (χ3n) is 3.08. The molecule has 4 nitrogen and oxygen atoms in total. The maximum Gasteiger partial charge on any atom is 0.181 e. The van der Waals surface area contributed by atoms with Gasteiger partial charge in [-0.25, -0.2) is 4.98 Å². The molecular weight excluding hydrogens is 297 g/mol. The number of nitrogens with two attached hydrogens (primary N) is 1. The average Bonchev–Trinajstić information content (AvgIpc) is 2.79. The highest BCUT2D eigenvalue weighted by molar-refractivity contribution is 6.43. The predicted octanol–water partition coefficient (Wildman–Crippen LogP) is 3.90. The van der Waals surface area contributed by atoms with Gasteiger partial charge in [-0.05, 0) is 18.2 Å². The number of nitrogens with zero attached hydrogens (tertiary/aromatic N) is 2. The molecule has 0 spiro atoms. The number of ether oxygens (including phenoxy) is 1. The Morgan fingerprint density at radius 3 is 2.75 bits per heavy atom. The van der Waals surface area contributed by atoms with E-state index in [0.29, 0.717) is 38.5 Å². The van der Waals surface area contributed by atoms with Crippen LogP contribution < -0.4 is 10.5 Å². The van der Waals surface area contributed by atoms with Gasteiger partial charge in [0.05, 0.1) is 17.2 Å². The van der Waals surface area contributed by atoms with Crippen LogP contribution in [0, 0.1) is 0 Å². The van der Waals surface area contributed by atoms with Gasteiger partial charge in [0, 0.05) is 11.8 Å². The quantitative estimate of drug-likeness (QED) is 0.781. The summed E-state index contributed by atoms with van der Waals surface area (Å²) in [5.74, 6) is 1.13. The molecule has 20 heavy (non-hydrogen) atoms. The van der Waals surface area contributed by atoms with Crippen molar-refractivity contribution in [1.29, 1.82) is 0 Å². The van der Waals surface area contributed by atoms with Gasteiger partial charge in [0.2, 0.25) is 0 Å². The molecule has 0 aliphatic rings. The van der Waals surface area contributed by atoms with E-state index in [1.807, 2.05) is 30.5 Å². The van der Waals surface area contributed by atoms with Gasteiger partial charge in [0.25, 0.3) is 0 Å². The fourth-order valence-corrected chi connectivity index (χ4v) is 2.50. The van der Waals surface area contributed by atoms with Crippen LogP contribution in [0.4, 0.5) is 5.82 Å². The Kier molecular flexibility index (Phi) is 3.20. The molecule has 3 aromatic rings. The van der Waals surface area contributed by atoms with E-state index >= 15 is 0 Å². The van der Waals surface area contributed by atoms with Crippen LogP contribution in [0.1, 0.15) is 0 Å². The summed E-state index contributed by atoms with van der Waals surface area (Å²) >= 11 is 12.3. The first-order valence-electron chi connectivity index (χ1n) is 5.88. The standard InChI is InChI=1S/C14H11Cl2N3O/c1-20-10-6-3-7-19-13(17)12(18-14(10)19)8-4-2-5-9(15)11(8)16/h2-7H,17H2,1H3. The molecule has 0 aliphatic carbocycles. The first-order chi connectivity index (χ1) is 9.63. The van der Waals surface area contributed by atoms with Crippen LogP contribution in [0.2, 0.25) is 10.0 Å². The highest BCUT2D eigenvalue weighted by Gasteiger charge is 2.17. The molecular formula is C14H11Cl2N3O. The van der Waals surface area contributed by atoms with E-state index in [4.69, 9.17) is 33.7 Å². The normalized spacial score (nSPS) is 10.9. The molecule has 0 saturated heterocycles. The molecule has 0 atom stereocenters. The minimum absolute atomic E-state index is 0.434. The van der Waals surface area contributed by atoms with Crippen molar-refractivity contribution < 1.29 is 4.74 Å². The summed E-state index contributed by atoms with van der Waals surface area (Å²) in [6, 6.07) is 9.03. The van der Waals surface area contributed by atoms with Gasteiger partial charge in [-0.3, -0.25) is 4.40 Å². The molecule has 0 amide bonds. The van der Waals surface area contributed by atoms with Gasteiger partial charge in [0.15, 0.2) is 11.4 Å². The molecule has 2 heterocycles. The van der Waals surface area contributed by atoms with Crippen LogP contribution in [0.15, 0.2) is 36.5 Å². The van der Waals surface area contributed by atoms with Gasteiger partial charge in [-0.15, -0.1) is 0 Å². The van der Waals surface area contributed by atoms with Crippen LogP contribution in [0.3, 0.4) is 0 Å². The van der Waals surface area contributed by atoms with Crippen molar-refractivity contribution in [3.05, 3.63) is 46.6 Å². The number of rotatable bonds is 2. The van der Waals surface area contributed by atoms with E-state index in [1.54, 1.807) is 17.6 Å². The molecule has 6 heteroatoms. The number of benzene rings is 1. The maximum absolute atomic E-state index is 6.23. The van der Waals surface area contributed by atoms with E-state index in [1.165, 1.54) is 0 Å².